The number of nitrogens with zero attached hydrogens (tertiary/aromatic N) is 1. The fourth-order valence-electron chi connectivity index (χ4n) is 2.69. The summed E-state index contributed by atoms with van der Waals surface area (Å²) < 4.78 is 0. The summed E-state index contributed by atoms with van der Waals surface area (Å²) in [5, 5.41) is 0. The minimum Gasteiger partial charge on any atom is -0.303 e. The Hall–Kier alpha value is -0.820. The van der Waals surface area contributed by atoms with E-state index in [9.17, 15) is 0 Å². The predicted molar refractivity (Wildman–Crippen MR) is 78.6 cm³/mol. The maximum Gasteiger partial charge on any atom is -0.00160 e. The van der Waals surface area contributed by atoms with E-state index in [2.05, 4.69) is 41.7 Å². The van der Waals surface area contributed by atoms with Crippen LogP contribution in [0.3, 0.4) is 0 Å². The lowest BCUT2D eigenvalue weighted by Gasteiger charge is -2.26. The Morgan fingerprint density at radius 2 is 1.56 bits per heavy atom. The SMILES string of the molecule is [CH]1CCN(CCCCCCc2ccccc2)CC1. The smallest absolute Gasteiger partial charge is 0.00160 e. The normalized spacial score (nSPS) is 16.9. The zero-order valence-electron chi connectivity index (χ0n) is 11.5. The highest BCUT2D eigenvalue weighted by Gasteiger charge is 2.08. The molecular weight excluding hydrogens is 218 g/mol. The van der Waals surface area contributed by atoms with Gasteiger partial charge in [0.15, 0.2) is 0 Å². The second-order valence-corrected chi connectivity index (χ2v) is 5.36. The largest absolute Gasteiger partial charge is 0.303 e. The topological polar surface area (TPSA) is 3.24 Å². The summed E-state index contributed by atoms with van der Waals surface area (Å²) in [5.41, 5.74) is 1.49. The van der Waals surface area contributed by atoms with Crippen molar-refractivity contribution in [2.75, 3.05) is 19.6 Å². The molecule has 1 aliphatic heterocycles. The maximum absolute atomic E-state index is 2.62. The molecule has 0 saturated carbocycles. The molecule has 0 N–H and O–H groups in total. The Balaban J connectivity index is 1.46. The van der Waals surface area contributed by atoms with E-state index < -0.39 is 0 Å². The number of aryl methyl sites for hydroxylation is 1. The molecule has 2 rings (SSSR count). The molecule has 0 spiro atoms. The van der Waals surface area contributed by atoms with Crippen LogP contribution in [0.25, 0.3) is 0 Å². The third-order valence-electron chi connectivity index (χ3n) is 3.83. The highest BCUT2D eigenvalue weighted by atomic mass is 15.1. The number of benzene rings is 1. The van der Waals surface area contributed by atoms with Crippen LogP contribution in [0.4, 0.5) is 0 Å². The first-order valence-electron chi connectivity index (χ1n) is 7.53. The molecule has 0 aromatic heterocycles. The quantitative estimate of drug-likeness (QED) is 0.653. The molecule has 1 saturated heterocycles. The Bertz CT molecular complexity index is 301. The average molecular weight is 244 g/mol. The van der Waals surface area contributed by atoms with Crippen molar-refractivity contribution in [3.63, 3.8) is 0 Å². The molecule has 0 amide bonds. The van der Waals surface area contributed by atoms with Gasteiger partial charge in [-0.3, -0.25) is 0 Å². The molecule has 99 valence electrons. The Kier molecular flexibility index (Phi) is 6.28. The van der Waals surface area contributed by atoms with Crippen LogP contribution in [0, 0.1) is 6.42 Å². The van der Waals surface area contributed by atoms with Crippen molar-refractivity contribution in [3.05, 3.63) is 42.3 Å². The van der Waals surface area contributed by atoms with Crippen molar-refractivity contribution in [3.8, 4) is 0 Å². The number of likely N-dealkylation sites (tertiary alicyclic amines) is 1. The van der Waals surface area contributed by atoms with E-state index in [0.29, 0.717) is 0 Å². The van der Waals surface area contributed by atoms with Gasteiger partial charge in [-0.2, -0.15) is 0 Å². The summed E-state index contributed by atoms with van der Waals surface area (Å²) in [6.45, 7) is 3.91. The highest BCUT2D eigenvalue weighted by molar-refractivity contribution is 5.14. The van der Waals surface area contributed by atoms with Crippen LogP contribution in [0.2, 0.25) is 0 Å². The number of piperidine rings is 1. The molecule has 18 heavy (non-hydrogen) atoms. The summed E-state index contributed by atoms with van der Waals surface area (Å²) in [4.78, 5) is 2.62. The lowest BCUT2D eigenvalue weighted by molar-refractivity contribution is 0.248. The van der Waals surface area contributed by atoms with Gasteiger partial charge < -0.3 is 4.90 Å². The molecule has 1 nitrogen and oxygen atoms in total. The van der Waals surface area contributed by atoms with Crippen LogP contribution in [-0.2, 0) is 6.42 Å². The van der Waals surface area contributed by atoms with Crippen molar-refractivity contribution in [2.45, 2.75) is 44.9 Å². The number of rotatable bonds is 7. The van der Waals surface area contributed by atoms with Crippen LogP contribution in [0.5, 0.6) is 0 Å². The molecule has 0 aliphatic carbocycles. The molecule has 1 heterocycles. The van der Waals surface area contributed by atoms with Gasteiger partial charge in [-0.25, -0.2) is 0 Å². The van der Waals surface area contributed by atoms with E-state index >= 15 is 0 Å². The molecule has 0 unspecified atom stereocenters. The third kappa shape index (κ3) is 5.22. The van der Waals surface area contributed by atoms with Crippen molar-refractivity contribution in [1.29, 1.82) is 0 Å². The van der Waals surface area contributed by atoms with Crippen LogP contribution in [0.15, 0.2) is 30.3 Å². The molecule has 0 bridgehead atoms. The van der Waals surface area contributed by atoms with Gasteiger partial charge in [-0.1, -0.05) is 43.2 Å². The van der Waals surface area contributed by atoms with Gasteiger partial charge in [0.2, 0.25) is 0 Å². The molecule has 0 atom stereocenters. The van der Waals surface area contributed by atoms with E-state index in [1.165, 1.54) is 70.1 Å². The number of unbranched alkanes of at least 4 members (excludes halogenated alkanes) is 3. The first-order chi connectivity index (χ1) is 8.95. The van der Waals surface area contributed by atoms with E-state index in [1.807, 2.05) is 0 Å². The zero-order valence-corrected chi connectivity index (χ0v) is 11.5. The van der Waals surface area contributed by atoms with Crippen LogP contribution in [-0.4, -0.2) is 24.5 Å². The van der Waals surface area contributed by atoms with Gasteiger partial charge in [0, 0.05) is 0 Å². The second kappa shape index (κ2) is 8.31. The zero-order chi connectivity index (χ0) is 12.5. The number of hydrogen-bond acceptors (Lipinski definition) is 1. The average Bonchev–Trinajstić information content (AvgIpc) is 2.45. The summed E-state index contributed by atoms with van der Waals surface area (Å²) in [5.74, 6) is 0. The lowest BCUT2D eigenvalue weighted by atomic mass is 10.1. The van der Waals surface area contributed by atoms with Gasteiger partial charge in [-0.15, -0.1) is 0 Å². The number of hydrogen-bond donors (Lipinski definition) is 0. The van der Waals surface area contributed by atoms with Gasteiger partial charge in [0.1, 0.15) is 0 Å². The van der Waals surface area contributed by atoms with Crippen molar-refractivity contribution >= 4 is 0 Å². The van der Waals surface area contributed by atoms with Crippen LogP contribution >= 0.6 is 0 Å². The molecule has 1 aromatic carbocycles. The van der Waals surface area contributed by atoms with Gasteiger partial charge in [0.25, 0.3) is 0 Å². The minimum atomic E-state index is 1.25. The van der Waals surface area contributed by atoms with Gasteiger partial charge >= 0.3 is 0 Å². The van der Waals surface area contributed by atoms with Crippen molar-refractivity contribution in [1.82, 2.24) is 4.90 Å². The van der Waals surface area contributed by atoms with Gasteiger partial charge in [0.05, 0.1) is 0 Å². The fraction of sp³-hybridized carbons (Fsp3) is 0.588. The summed E-state index contributed by atoms with van der Waals surface area (Å²) in [7, 11) is 0. The van der Waals surface area contributed by atoms with Crippen LogP contribution < -0.4 is 0 Å². The third-order valence-corrected chi connectivity index (χ3v) is 3.83. The Morgan fingerprint density at radius 3 is 2.33 bits per heavy atom. The Labute approximate surface area is 112 Å². The molecule has 1 heteroatoms. The minimum absolute atomic E-state index is 1.25. The highest BCUT2D eigenvalue weighted by Crippen LogP contribution is 2.11. The van der Waals surface area contributed by atoms with E-state index in [0.717, 1.165) is 0 Å². The van der Waals surface area contributed by atoms with Crippen molar-refractivity contribution < 1.29 is 0 Å². The first kappa shape index (κ1) is 13.6. The van der Waals surface area contributed by atoms with Gasteiger partial charge in [-0.05, 0) is 63.7 Å². The standard InChI is InChI=1S/C17H26N/c1(5-11-17-12-6-3-7-13-17)2-8-14-18-15-9-4-10-16-18/h3-4,6-7,12-13H,1-2,5,8-11,14-16H2. The fourth-order valence-corrected chi connectivity index (χ4v) is 2.69. The molecule has 1 radical (unpaired) electrons. The second-order valence-electron chi connectivity index (χ2n) is 5.36. The van der Waals surface area contributed by atoms with E-state index in [-0.39, 0.29) is 0 Å². The lowest BCUT2D eigenvalue weighted by Crippen LogP contribution is -2.30. The van der Waals surface area contributed by atoms with Crippen LogP contribution in [0.1, 0.15) is 44.1 Å². The summed E-state index contributed by atoms with van der Waals surface area (Å²) in [6, 6.07) is 10.9. The summed E-state index contributed by atoms with van der Waals surface area (Å²) in [6.07, 6.45) is 11.8. The Morgan fingerprint density at radius 1 is 0.833 bits per heavy atom. The predicted octanol–water partition coefficient (Wildman–Crippen LogP) is 4.09. The first-order valence-corrected chi connectivity index (χ1v) is 7.53. The van der Waals surface area contributed by atoms with Crippen molar-refractivity contribution in [2.24, 2.45) is 0 Å². The molecule has 1 fully saturated rings. The molecule has 1 aliphatic rings. The summed E-state index contributed by atoms with van der Waals surface area (Å²) >= 11 is 0. The van der Waals surface area contributed by atoms with E-state index in [1.54, 1.807) is 0 Å². The molecule has 1 aromatic rings. The van der Waals surface area contributed by atoms with E-state index in [4.69, 9.17) is 0 Å². The monoisotopic (exact) mass is 244 g/mol. The molecular formula is C17H26N. The maximum atomic E-state index is 2.62.